The van der Waals surface area contributed by atoms with Gasteiger partial charge in [0.15, 0.2) is 0 Å². The zero-order chi connectivity index (χ0) is 14.0. The van der Waals surface area contributed by atoms with Crippen LogP contribution >= 0.6 is 15.9 Å². The van der Waals surface area contributed by atoms with Crippen molar-refractivity contribution in [2.75, 3.05) is 12.4 Å². The molecule has 1 saturated carbocycles. The van der Waals surface area contributed by atoms with Crippen LogP contribution in [0.15, 0.2) is 16.6 Å². The van der Waals surface area contributed by atoms with E-state index in [1.54, 1.807) is 7.11 Å². The van der Waals surface area contributed by atoms with E-state index in [9.17, 15) is 4.79 Å². The van der Waals surface area contributed by atoms with Crippen LogP contribution in [0.25, 0.3) is 0 Å². The Hall–Kier alpha value is -1.07. The molecule has 0 bridgehead atoms. The third-order valence-electron chi connectivity index (χ3n) is 3.61. The number of amides is 1. The van der Waals surface area contributed by atoms with Crippen LogP contribution in [-0.4, -0.2) is 18.6 Å². The summed E-state index contributed by atoms with van der Waals surface area (Å²) < 4.78 is 6.23. The van der Waals surface area contributed by atoms with Gasteiger partial charge in [0.2, 0.25) is 5.91 Å². The molecule has 0 heterocycles. The van der Waals surface area contributed by atoms with Gasteiger partial charge in [-0.05, 0) is 43.9 Å². The highest BCUT2D eigenvalue weighted by Crippen LogP contribution is 2.35. The van der Waals surface area contributed by atoms with E-state index in [0.717, 1.165) is 35.0 Å². The van der Waals surface area contributed by atoms with Crippen LogP contribution < -0.4 is 15.8 Å². The Morgan fingerprint density at radius 1 is 1.53 bits per heavy atom. The molecule has 4 nitrogen and oxygen atoms in total. The lowest BCUT2D eigenvalue weighted by Gasteiger charge is -2.37. The molecule has 5 heteroatoms. The largest absolute Gasteiger partial charge is 0.495 e. The van der Waals surface area contributed by atoms with Crippen LogP contribution in [0.5, 0.6) is 5.75 Å². The van der Waals surface area contributed by atoms with Crippen molar-refractivity contribution in [3.63, 3.8) is 0 Å². The molecule has 0 spiro atoms. The first-order chi connectivity index (χ1) is 8.93. The zero-order valence-electron chi connectivity index (χ0n) is 11.3. The molecule has 0 aromatic heterocycles. The normalized spacial score (nSPS) is 16.6. The van der Waals surface area contributed by atoms with Crippen LogP contribution in [0.1, 0.15) is 31.2 Å². The topological polar surface area (TPSA) is 64.3 Å². The van der Waals surface area contributed by atoms with Gasteiger partial charge in [0, 0.05) is 16.4 Å². The molecule has 1 aliphatic carbocycles. The van der Waals surface area contributed by atoms with Gasteiger partial charge in [-0.25, -0.2) is 0 Å². The minimum Gasteiger partial charge on any atom is -0.495 e. The Balaban J connectivity index is 2.12. The highest BCUT2D eigenvalue weighted by atomic mass is 79.9. The monoisotopic (exact) mass is 326 g/mol. The maximum atomic E-state index is 12.1. The van der Waals surface area contributed by atoms with Gasteiger partial charge in [0.05, 0.1) is 12.8 Å². The van der Waals surface area contributed by atoms with Crippen molar-refractivity contribution in [2.45, 2.75) is 38.1 Å². The average molecular weight is 327 g/mol. The second-order valence-corrected chi connectivity index (χ2v) is 6.16. The zero-order valence-corrected chi connectivity index (χ0v) is 12.8. The van der Waals surface area contributed by atoms with Crippen molar-refractivity contribution in [3.05, 3.63) is 22.2 Å². The Morgan fingerprint density at radius 2 is 2.21 bits per heavy atom. The Labute approximate surface area is 121 Å². The number of benzene rings is 1. The van der Waals surface area contributed by atoms with E-state index in [4.69, 9.17) is 10.5 Å². The smallest absolute Gasteiger partial charge is 0.226 e. The molecule has 1 aromatic rings. The quantitative estimate of drug-likeness (QED) is 0.894. The van der Waals surface area contributed by atoms with Gasteiger partial charge < -0.3 is 15.8 Å². The first kappa shape index (κ1) is 14.3. The fraction of sp³-hybridized carbons (Fsp3) is 0.500. The number of carbonyl (C=O) groups is 1. The lowest BCUT2D eigenvalue weighted by molar-refractivity contribution is -0.118. The standard InChI is InChI=1S/C14H19BrN2O2/c1-9-6-10(15)7-11(19-2)13(9)17-12(18)8-14(16)4-3-5-14/h6-7H,3-5,8,16H2,1-2H3,(H,17,18). The Bertz CT molecular complexity index is 498. The van der Waals surface area contributed by atoms with E-state index in [0.29, 0.717) is 12.2 Å². The molecule has 2 rings (SSSR count). The molecule has 3 N–H and O–H groups in total. The van der Waals surface area contributed by atoms with Crippen LogP contribution in [0.2, 0.25) is 0 Å². The molecule has 19 heavy (non-hydrogen) atoms. The van der Waals surface area contributed by atoms with Crippen molar-refractivity contribution < 1.29 is 9.53 Å². The summed E-state index contributed by atoms with van der Waals surface area (Å²) in [5, 5.41) is 2.92. The van der Waals surface area contributed by atoms with Gasteiger partial charge >= 0.3 is 0 Å². The summed E-state index contributed by atoms with van der Waals surface area (Å²) in [4.78, 5) is 12.1. The Kier molecular flexibility index (Phi) is 4.16. The predicted molar refractivity (Wildman–Crippen MR) is 79.4 cm³/mol. The number of rotatable bonds is 4. The summed E-state index contributed by atoms with van der Waals surface area (Å²) in [6.07, 6.45) is 3.34. The van der Waals surface area contributed by atoms with E-state index < -0.39 is 0 Å². The highest BCUT2D eigenvalue weighted by molar-refractivity contribution is 9.10. The van der Waals surface area contributed by atoms with E-state index in [-0.39, 0.29) is 11.4 Å². The molecule has 0 aliphatic heterocycles. The van der Waals surface area contributed by atoms with E-state index in [1.165, 1.54) is 0 Å². The molecule has 1 aliphatic rings. The molecule has 104 valence electrons. The third kappa shape index (κ3) is 3.28. The summed E-state index contributed by atoms with van der Waals surface area (Å²) in [7, 11) is 1.59. The molecule has 1 fully saturated rings. The number of nitrogens with two attached hydrogens (primary N) is 1. The molecular formula is C14H19BrN2O2. The second-order valence-electron chi connectivity index (χ2n) is 5.24. The number of methoxy groups -OCH3 is 1. The second kappa shape index (κ2) is 5.51. The van der Waals surface area contributed by atoms with Gasteiger partial charge in [0.25, 0.3) is 0 Å². The number of aryl methyl sites for hydroxylation is 1. The van der Waals surface area contributed by atoms with Crippen LogP contribution in [0, 0.1) is 6.92 Å². The minimum absolute atomic E-state index is 0.0501. The van der Waals surface area contributed by atoms with Gasteiger partial charge in [-0.3, -0.25) is 4.79 Å². The first-order valence-corrected chi connectivity index (χ1v) is 7.16. The van der Waals surface area contributed by atoms with E-state index >= 15 is 0 Å². The van der Waals surface area contributed by atoms with E-state index in [2.05, 4.69) is 21.2 Å². The predicted octanol–water partition coefficient (Wildman–Crippen LogP) is 2.98. The molecule has 1 aromatic carbocycles. The summed E-state index contributed by atoms with van der Waals surface area (Å²) in [5.41, 5.74) is 7.46. The summed E-state index contributed by atoms with van der Waals surface area (Å²) in [6.45, 7) is 1.93. The van der Waals surface area contributed by atoms with Crippen molar-refractivity contribution in [1.29, 1.82) is 0 Å². The Morgan fingerprint density at radius 3 is 2.74 bits per heavy atom. The number of carbonyl (C=O) groups excluding carboxylic acids is 1. The maximum Gasteiger partial charge on any atom is 0.226 e. The number of ether oxygens (including phenoxy) is 1. The SMILES string of the molecule is COc1cc(Br)cc(C)c1NC(=O)CC1(N)CCC1. The number of hydrogen-bond donors (Lipinski definition) is 2. The van der Waals surface area contributed by atoms with Crippen LogP contribution in [0.3, 0.4) is 0 Å². The number of anilines is 1. The van der Waals surface area contributed by atoms with Crippen molar-refractivity contribution >= 4 is 27.5 Å². The van der Waals surface area contributed by atoms with Crippen molar-refractivity contribution in [3.8, 4) is 5.75 Å². The molecule has 0 saturated heterocycles. The molecule has 0 atom stereocenters. The fourth-order valence-electron chi connectivity index (χ4n) is 2.34. The molecule has 0 unspecified atom stereocenters. The number of nitrogens with one attached hydrogen (secondary N) is 1. The van der Waals surface area contributed by atoms with E-state index in [1.807, 2.05) is 19.1 Å². The van der Waals surface area contributed by atoms with Crippen molar-refractivity contribution in [2.24, 2.45) is 5.73 Å². The van der Waals surface area contributed by atoms with Crippen molar-refractivity contribution in [1.82, 2.24) is 0 Å². The van der Waals surface area contributed by atoms with Gasteiger partial charge in [-0.1, -0.05) is 15.9 Å². The van der Waals surface area contributed by atoms with Crippen LogP contribution in [0.4, 0.5) is 5.69 Å². The van der Waals surface area contributed by atoms with Gasteiger partial charge in [-0.2, -0.15) is 0 Å². The number of hydrogen-bond acceptors (Lipinski definition) is 3. The highest BCUT2D eigenvalue weighted by Gasteiger charge is 2.34. The molecule has 0 radical (unpaired) electrons. The summed E-state index contributed by atoms with van der Waals surface area (Å²) in [5.74, 6) is 0.603. The van der Waals surface area contributed by atoms with Gasteiger partial charge in [0.1, 0.15) is 5.75 Å². The number of halogens is 1. The fourth-order valence-corrected chi connectivity index (χ4v) is 2.90. The third-order valence-corrected chi connectivity index (χ3v) is 4.07. The summed E-state index contributed by atoms with van der Waals surface area (Å²) >= 11 is 3.41. The summed E-state index contributed by atoms with van der Waals surface area (Å²) in [6, 6.07) is 3.78. The molecule has 1 amide bonds. The molecular weight excluding hydrogens is 308 g/mol. The lowest BCUT2D eigenvalue weighted by atomic mass is 9.75. The average Bonchev–Trinajstić information content (AvgIpc) is 2.30. The lowest BCUT2D eigenvalue weighted by Crippen LogP contribution is -2.49. The minimum atomic E-state index is -0.305. The van der Waals surface area contributed by atoms with Crippen LogP contribution in [-0.2, 0) is 4.79 Å². The van der Waals surface area contributed by atoms with Gasteiger partial charge in [-0.15, -0.1) is 0 Å². The first-order valence-electron chi connectivity index (χ1n) is 6.36. The maximum absolute atomic E-state index is 12.1.